The summed E-state index contributed by atoms with van der Waals surface area (Å²) in [6.45, 7) is 4.92. The number of benzene rings is 2. The second kappa shape index (κ2) is 10.7. The SMILES string of the molecule is COc1ccc(C)cc1NC(=O)CSc1nnc(CN2CCCCC2)n1-c1ccccc1. The van der Waals surface area contributed by atoms with Gasteiger partial charge in [0.2, 0.25) is 5.91 Å². The molecule has 2 aromatic carbocycles. The molecule has 1 aliphatic heterocycles. The summed E-state index contributed by atoms with van der Waals surface area (Å²) in [6, 6.07) is 15.8. The highest BCUT2D eigenvalue weighted by atomic mass is 32.2. The van der Waals surface area contributed by atoms with Gasteiger partial charge in [-0.2, -0.15) is 0 Å². The number of carbonyl (C=O) groups excluding carboxylic acids is 1. The Morgan fingerprint density at radius 3 is 2.62 bits per heavy atom. The van der Waals surface area contributed by atoms with E-state index in [9.17, 15) is 4.79 Å². The Hall–Kier alpha value is -2.84. The van der Waals surface area contributed by atoms with Crippen LogP contribution in [0, 0.1) is 6.92 Å². The van der Waals surface area contributed by atoms with Crippen molar-refractivity contribution in [1.29, 1.82) is 0 Å². The molecule has 7 nitrogen and oxygen atoms in total. The molecule has 1 N–H and O–H groups in total. The van der Waals surface area contributed by atoms with E-state index >= 15 is 0 Å². The molecule has 0 unspecified atom stereocenters. The van der Waals surface area contributed by atoms with E-state index in [2.05, 4.69) is 25.0 Å². The van der Waals surface area contributed by atoms with Crippen molar-refractivity contribution in [1.82, 2.24) is 19.7 Å². The third-order valence-corrected chi connectivity index (χ3v) is 6.42. The van der Waals surface area contributed by atoms with Crippen molar-refractivity contribution in [2.75, 3.05) is 31.3 Å². The molecule has 1 saturated heterocycles. The molecule has 0 aliphatic carbocycles. The number of carbonyl (C=O) groups is 1. The number of nitrogens with zero attached hydrogens (tertiary/aromatic N) is 4. The summed E-state index contributed by atoms with van der Waals surface area (Å²) in [5.41, 5.74) is 2.74. The fourth-order valence-electron chi connectivity index (χ4n) is 3.89. The van der Waals surface area contributed by atoms with Crippen LogP contribution in [0.2, 0.25) is 0 Å². The third-order valence-electron chi connectivity index (χ3n) is 5.49. The van der Waals surface area contributed by atoms with Crippen LogP contribution in [0.3, 0.4) is 0 Å². The molecule has 0 atom stereocenters. The zero-order chi connectivity index (χ0) is 22.3. The topological polar surface area (TPSA) is 72.3 Å². The summed E-state index contributed by atoms with van der Waals surface area (Å²) in [4.78, 5) is 15.1. The van der Waals surface area contributed by atoms with Gasteiger partial charge in [0.05, 0.1) is 25.1 Å². The van der Waals surface area contributed by atoms with E-state index in [4.69, 9.17) is 4.74 Å². The van der Waals surface area contributed by atoms with Gasteiger partial charge in [0.1, 0.15) is 5.75 Å². The molecular weight excluding hydrogens is 422 g/mol. The van der Waals surface area contributed by atoms with Gasteiger partial charge in [0.25, 0.3) is 0 Å². The van der Waals surface area contributed by atoms with Crippen molar-refractivity contribution in [2.24, 2.45) is 0 Å². The van der Waals surface area contributed by atoms with Gasteiger partial charge in [-0.1, -0.05) is 42.4 Å². The number of rotatable bonds is 8. The number of para-hydroxylation sites is 1. The van der Waals surface area contributed by atoms with Crippen LogP contribution in [-0.2, 0) is 11.3 Å². The Balaban J connectivity index is 1.49. The van der Waals surface area contributed by atoms with Gasteiger partial charge in [-0.15, -0.1) is 10.2 Å². The van der Waals surface area contributed by atoms with E-state index in [1.54, 1.807) is 7.11 Å². The predicted octanol–water partition coefficient (Wildman–Crippen LogP) is 4.30. The number of ether oxygens (including phenoxy) is 1. The zero-order valence-corrected chi connectivity index (χ0v) is 19.4. The lowest BCUT2D eigenvalue weighted by molar-refractivity contribution is -0.113. The van der Waals surface area contributed by atoms with Crippen LogP contribution < -0.4 is 10.1 Å². The number of amides is 1. The Morgan fingerprint density at radius 2 is 1.88 bits per heavy atom. The van der Waals surface area contributed by atoms with Crippen LogP contribution in [-0.4, -0.2) is 51.5 Å². The minimum atomic E-state index is -0.112. The Bertz CT molecular complexity index is 1050. The quantitative estimate of drug-likeness (QED) is 0.515. The zero-order valence-electron chi connectivity index (χ0n) is 18.6. The van der Waals surface area contributed by atoms with Crippen LogP contribution in [0.5, 0.6) is 5.75 Å². The summed E-state index contributed by atoms with van der Waals surface area (Å²) >= 11 is 1.39. The van der Waals surface area contributed by atoms with E-state index in [0.717, 1.165) is 41.9 Å². The van der Waals surface area contributed by atoms with E-state index in [1.807, 2.05) is 55.5 Å². The maximum Gasteiger partial charge on any atom is 0.234 e. The predicted molar refractivity (Wildman–Crippen MR) is 128 cm³/mol. The van der Waals surface area contributed by atoms with Crippen LogP contribution >= 0.6 is 11.8 Å². The lowest BCUT2D eigenvalue weighted by Crippen LogP contribution is -2.30. The van der Waals surface area contributed by atoms with Gasteiger partial charge in [0, 0.05) is 5.69 Å². The first kappa shape index (κ1) is 22.4. The number of hydrogen-bond donors (Lipinski definition) is 1. The Kier molecular flexibility index (Phi) is 7.44. The van der Waals surface area contributed by atoms with E-state index in [-0.39, 0.29) is 11.7 Å². The van der Waals surface area contributed by atoms with E-state index in [1.165, 1.54) is 31.0 Å². The number of aryl methyl sites for hydroxylation is 1. The highest BCUT2D eigenvalue weighted by Gasteiger charge is 2.19. The molecule has 0 spiro atoms. The van der Waals surface area contributed by atoms with Crippen molar-refractivity contribution >= 4 is 23.4 Å². The molecule has 3 aromatic rings. The molecule has 1 fully saturated rings. The van der Waals surface area contributed by atoms with Gasteiger partial charge in [-0.25, -0.2) is 0 Å². The van der Waals surface area contributed by atoms with Crippen LogP contribution in [0.1, 0.15) is 30.7 Å². The summed E-state index contributed by atoms with van der Waals surface area (Å²) in [7, 11) is 1.60. The average Bonchev–Trinajstić information content (AvgIpc) is 3.21. The molecule has 1 aliphatic rings. The van der Waals surface area contributed by atoms with Gasteiger partial charge in [0.15, 0.2) is 11.0 Å². The first-order valence-electron chi connectivity index (χ1n) is 10.9. The van der Waals surface area contributed by atoms with Crippen molar-refractivity contribution < 1.29 is 9.53 Å². The van der Waals surface area contributed by atoms with Crippen molar-refractivity contribution in [3.8, 4) is 11.4 Å². The number of aromatic nitrogens is 3. The second-order valence-corrected chi connectivity index (χ2v) is 8.89. The van der Waals surface area contributed by atoms with Crippen molar-refractivity contribution in [3.05, 3.63) is 59.9 Å². The smallest absolute Gasteiger partial charge is 0.234 e. The number of hydrogen-bond acceptors (Lipinski definition) is 6. The van der Waals surface area contributed by atoms with Gasteiger partial charge in [-0.05, 0) is 62.7 Å². The number of nitrogens with one attached hydrogen (secondary N) is 1. The van der Waals surface area contributed by atoms with Crippen LogP contribution in [0.4, 0.5) is 5.69 Å². The number of methoxy groups -OCH3 is 1. The molecule has 4 rings (SSSR count). The number of piperidine rings is 1. The van der Waals surface area contributed by atoms with Crippen LogP contribution in [0.15, 0.2) is 53.7 Å². The lowest BCUT2D eigenvalue weighted by Gasteiger charge is -2.26. The fourth-order valence-corrected chi connectivity index (χ4v) is 4.66. The van der Waals surface area contributed by atoms with Crippen molar-refractivity contribution in [3.63, 3.8) is 0 Å². The first-order valence-corrected chi connectivity index (χ1v) is 11.9. The van der Waals surface area contributed by atoms with Gasteiger partial charge >= 0.3 is 0 Å². The molecule has 0 radical (unpaired) electrons. The minimum absolute atomic E-state index is 0.112. The Morgan fingerprint density at radius 1 is 1.09 bits per heavy atom. The summed E-state index contributed by atoms with van der Waals surface area (Å²) in [5, 5.41) is 12.6. The largest absolute Gasteiger partial charge is 0.495 e. The Labute approximate surface area is 193 Å². The molecule has 2 heterocycles. The number of thioether (sulfide) groups is 1. The minimum Gasteiger partial charge on any atom is -0.495 e. The normalized spacial score (nSPS) is 14.3. The number of likely N-dealkylation sites (tertiary alicyclic amines) is 1. The molecule has 168 valence electrons. The summed E-state index contributed by atoms with van der Waals surface area (Å²) < 4.78 is 7.43. The van der Waals surface area contributed by atoms with Gasteiger partial charge in [-0.3, -0.25) is 14.3 Å². The second-order valence-electron chi connectivity index (χ2n) is 7.95. The molecule has 1 amide bonds. The van der Waals surface area contributed by atoms with Crippen LogP contribution in [0.25, 0.3) is 5.69 Å². The van der Waals surface area contributed by atoms with Gasteiger partial charge < -0.3 is 10.1 Å². The average molecular weight is 452 g/mol. The molecule has 8 heteroatoms. The molecule has 0 bridgehead atoms. The first-order chi connectivity index (χ1) is 15.6. The lowest BCUT2D eigenvalue weighted by atomic mass is 10.1. The van der Waals surface area contributed by atoms with E-state index < -0.39 is 0 Å². The standard InChI is InChI=1S/C24H29N5O2S/c1-18-11-12-21(31-2)20(15-18)25-23(30)17-32-24-27-26-22(16-28-13-7-4-8-14-28)29(24)19-9-5-3-6-10-19/h3,5-6,9-12,15H,4,7-8,13-14,16-17H2,1-2H3,(H,25,30). The van der Waals surface area contributed by atoms with Crippen molar-refractivity contribution in [2.45, 2.75) is 37.9 Å². The highest BCUT2D eigenvalue weighted by molar-refractivity contribution is 7.99. The number of anilines is 1. The van der Waals surface area contributed by atoms with E-state index in [0.29, 0.717) is 11.4 Å². The highest BCUT2D eigenvalue weighted by Crippen LogP contribution is 2.27. The summed E-state index contributed by atoms with van der Waals surface area (Å²) in [6.07, 6.45) is 3.75. The maximum atomic E-state index is 12.7. The molecule has 0 saturated carbocycles. The molecular formula is C24H29N5O2S. The fraction of sp³-hybridized carbons (Fsp3) is 0.375. The molecule has 32 heavy (non-hydrogen) atoms. The maximum absolute atomic E-state index is 12.7. The molecule has 1 aromatic heterocycles. The third kappa shape index (κ3) is 5.49. The monoisotopic (exact) mass is 451 g/mol. The summed E-state index contributed by atoms with van der Waals surface area (Å²) in [5.74, 6) is 1.66.